The molecule has 1 fully saturated rings. The highest BCUT2D eigenvalue weighted by atomic mass is 16.5. The summed E-state index contributed by atoms with van der Waals surface area (Å²) in [6, 6.07) is 14.2. The van der Waals surface area contributed by atoms with Crippen LogP contribution in [0, 0.1) is 0 Å². The van der Waals surface area contributed by atoms with Crippen molar-refractivity contribution >= 4 is 28.3 Å². The summed E-state index contributed by atoms with van der Waals surface area (Å²) in [7, 11) is 0. The first-order chi connectivity index (χ1) is 17.5. The monoisotopic (exact) mass is 488 g/mol. The van der Waals surface area contributed by atoms with Crippen molar-refractivity contribution < 1.29 is 9.53 Å². The van der Waals surface area contributed by atoms with Crippen LogP contribution in [0.5, 0.6) is 5.75 Å². The van der Waals surface area contributed by atoms with Gasteiger partial charge in [0.05, 0.1) is 23.5 Å². The molecule has 0 atom stereocenters. The Morgan fingerprint density at radius 2 is 2.03 bits per heavy atom. The summed E-state index contributed by atoms with van der Waals surface area (Å²) in [5.41, 5.74) is 11.3. The molecule has 2 amide bonds. The van der Waals surface area contributed by atoms with Crippen LogP contribution in [0.1, 0.15) is 51.4 Å². The lowest BCUT2D eigenvalue weighted by atomic mass is 9.92. The van der Waals surface area contributed by atoms with Crippen molar-refractivity contribution in [2.24, 2.45) is 0 Å². The molecule has 0 bridgehead atoms. The Kier molecular flexibility index (Phi) is 6.75. The van der Waals surface area contributed by atoms with Crippen molar-refractivity contribution in [2.75, 3.05) is 17.7 Å². The Bertz CT molecular complexity index is 1320. The molecule has 0 spiro atoms. The summed E-state index contributed by atoms with van der Waals surface area (Å²) in [4.78, 5) is 12.1. The van der Waals surface area contributed by atoms with Crippen LogP contribution in [0.2, 0.25) is 0 Å². The van der Waals surface area contributed by atoms with E-state index in [4.69, 9.17) is 10.5 Å². The fourth-order valence-electron chi connectivity index (χ4n) is 4.57. The van der Waals surface area contributed by atoms with E-state index in [-0.39, 0.29) is 12.1 Å². The Hall–Kier alpha value is -4.08. The third kappa shape index (κ3) is 4.98. The van der Waals surface area contributed by atoms with E-state index < -0.39 is 0 Å². The number of aryl methyl sites for hydroxylation is 1. The van der Waals surface area contributed by atoms with Crippen molar-refractivity contribution in [1.29, 1.82) is 0 Å². The summed E-state index contributed by atoms with van der Waals surface area (Å²) in [5, 5.41) is 20.7. The number of hydrogen-bond acceptors (Lipinski definition) is 6. The van der Waals surface area contributed by atoms with Gasteiger partial charge in [0.2, 0.25) is 0 Å². The molecule has 0 radical (unpaired) electrons. The first kappa shape index (κ1) is 23.7. The molecule has 5 N–H and O–H groups in total. The topological polar surface area (TPSA) is 136 Å². The van der Waals surface area contributed by atoms with Crippen molar-refractivity contribution in [3.8, 4) is 17.0 Å². The second kappa shape index (κ2) is 10.3. The van der Waals surface area contributed by atoms with E-state index >= 15 is 0 Å². The molecule has 1 aliphatic rings. The first-order valence-electron chi connectivity index (χ1n) is 12.5. The fraction of sp³-hybridized carbons (Fsp3) is 0.385. The molecular formula is C26H32N8O2. The number of fused-ring (bicyclic) bond motifs is 1. The molecule has 2 aromatic carbocycles. The van der Waals surface area contributed by atoms with Crippen molar-refractivity contribution in [1.82, 2.24) is 30.5 Å². The molecule has 10 nitrogen and oxygen atoms in total. The van der Waals surface area contributed by atoms with Gasteiger partial charge in [0.15, 0.2) is 5.82 Å². The van der Waals surface area contributed by atoms with Gasteiger partial charge in [-0.15, -0.1) is 10.2 Å². The molecule has 5 rings (SSSR count). The molecule has 0 aliphatic heterocycles. The molecule has 0 unspecified atom stereocenters. The second-order valence-corrected chi connectivity index (χ2v) is 9.51. The van der Waals surface area contributed by atoms with Gasteiger partial charge in [-0.25, -0.2) is 4.79 Å². The van der Waals surface area contributed by atoms with Crippen molar-refractivity contribution in [3.63, 3.8) is 0 Å². The smallest absolute Gasteiger partial charge is 0.319 e. The molecule has 2 heterocycles. The molecule has 188 valence electrons. The van der Waals surface area contributed by atoms with E-state index in [0.29, 0.717) is 24.9 Å². The van der Waals surface area contributed by atoms with Crippen LogP contribution in [0.4, 0.5) is 16.2 Å². The second-order valence-electron chi connectivity index (χ2n) is 9.51. The van der Waals surface area contributed by atoms with Gasteiger partial charge in [-0.2, -0.15) is 5.21 Å². The predicted octanol–water partition coefficient (Wildman–Crippen LogP) is 4.67. The SMILES string of the molecule is CC(C)NC(=O)Nc1ccc(-c2c(N)c3ccc(OCCCc4nn[nH]n4)cc3n2C2CCC2)cc1. The van der Waals surface area contributed by atoms with Gasteiger partial charge in [0.25, 0.3) is 0 Å². The highest BCUT2D eigenvalue weighted by Gasteiger charge is 2.27. The largest absolute Gasteiger partial charge is 0.494 e. The van der Waals surface area contributed by atoms with Gasteiger partial charge >= 0.3 is 6.03 Å². The van der Waals surface area contributed by atoms with Crippen LogP contribution >= 0.6 is 0 Å². The number of nitrogen functional groups attached to an aromatic ring is 1. The molecule has 4 aromatic rings. The number of urea groups is 1. The van der Waals surface area contributed by atoms with E-state index in [9.17, 15) is 4.79 Å². The molecule has 2 aromatic heterocycles. The number of nitrogens with two attached hydrogens (primary N) is 1. The van der Waals surface area contributed by atoms with E-state index in [0.717, 1.165) is 58.5 Å². The maximum absolute atomic E-state index is 12.1. The van der Waals surface area contributed by atoms with E-state index in [1.165, 1.54) is 6.42 Å². The lowest BCUT2D eigenvalue weighted by Gasteiger charge is -2.30. The molecule has 1 aliphatic carbocycles. The summed E-state index contributed by atoms with van der Waals surface area (Å²) >= 11 is 0. The van der Waals surface area contributed by atoms with E-state index in [1.807, 2.05) is 50.2 Å². The number of carbonyl (C=O) groups is 1. The molecule has 1 saturated carbocycles. The number of anilines is 2. The van der Waals surface area contributed by atoms with Crippen molar-refractivity contribution in [3.05, 3.63) is 48.3 Å². The van der Waals surface area contributed by atoms with Crippen LogP contribution in [0.15, 0.2) is 42.5 Å². The molecule has 36 heavy (non-hydrogen) atoms. The Balaban J connectivity index is 1.39. The number of ether oxygens (including phenoxy) is 1. The van der Waals surface area contributed by atoms with Gasteiger partial charge in [-0.05, 0) is 63.8 Å². The highest BCUT2D eigenvalue weighted by molar-refractivity contribution is 6.02. The number of aromatic amines is 1. The van der Waals surface area contributed by atoms with Crippen molar-refractivity contribution in [2.45, 2.75) is 58.0 Å². The minimum absolute atomic E-state index is 0.0709. The molecule has 0 saturated heterocycles. The Morgan fingerprint density at radius 1 is 1.22 bits per heavy atom. The molecular weight excluding hydrogens is 456 g/mol. The number of rotatable bonds is 9. The minimum Gasteiger partial charge on any atom is -0.494 e. The van der Waals surface area contributed by atoms with Gasteiger partial charge in [0.1, 0.15) is 5.75 Å². The maximum Gasteiger partial charge on any atom is 0.319 e. The zero-order valence-corrected chi connectivity index (χ0v) is 20.6. The molecule has 10 heteroatoms. The van der Waals surface area contributed by atoms with Gasteiger partial charge in [0, 0.05) is 41.2 Å². The van der Waals surface area contributed by atoms with Gasteiger partial charge in [-0.3, -0.25) is 0 Å². The van der Waals surface area contributed by atoms with E-state index in [1.54, 1.807) is 0 Å². The predicted molar refractivity (Wildman–Crippen MR) is 140 cm³/mol. The number of H-pyrrole nitrogens is 1. The Labute approximate surface area is 209 Å². The van der Waals surface area contributed by atoms with Gasteiger partial charge in [-0.1, -0.05) is 17.3 Å². The lowest BCUT2D eigenvalue weighted by molar-refractivity contribution is 0.250. The summed E-state index contributed by atoms with van der Waals surface area (Å²) in [5.74, 6) is 1.50. The quantitative estimate of drug-likeness (QED) is 0.253. The van der Waals surface area contributed by atoms with Crippen LogP contribution < -0.4 is 21.1 Å². The number of nitrogens with one attached hydrogen (secondary N) is 3. The van der Waals surface area contributed by atoms with E-state index in [2.05, 4.69) is 41.9 Å². The fourth-order valence-corrected chi connectivity index (χ4v) is 4.57. The zero-order chi connectivity index (χ0) is 25.1. The van der Waals surface area contributed by atoms with Crippen LogP contribution in [0.3, 0.4) is 0 Å². The minimum atomic E-state index is -0.217. The van der Waals surface area contributed by atoms with Gasteiger partial charge < -0.3 is 25.7 Å². The zero-order valence-electron chi connectivity index (χ0n) is 20.6. The number of tetrazole rings is 1. The average molecular weight is 489 g/mol. The maximum atomic E-state index is 12.1. The van der Waals surface area contributed by atoms with Crippen LogP contribution in [-0.4, -0.2) is 43.9 Å². The number of aromatic nitrogens is 5. The first-order valence-corrected chi connectivity index (χ1v) is 12.5. The summed E-state index contributed by atoms with van der Waals surface area (Å²) < 4.78 is 8.42. The summed E-state index contributed by atoms with van der Waals surface area (Å²) in [6.07, 6.45) is 4.97. The number of benzene rings is 2. The number of hydrogen-bond donors (Lipinski definition) is 4. The highest BCUT2D eigenvalue weighted by Crippen LogP contribution is 2.44. The summed E-state index contributed by atoms with van der Waals surface area (Å²) in [6.45, 7) is 4.42. The van der Waals surface area contributed by atoms with Crippen LogP contribution in [-0.2, 0) is 6.42 Å². The normalized spacial score (nSPS) is 13.6. The third-order valence-electron chi connectivity index (χ3n) is 6.49. The lowest BCUT2D eigenvalue weighted by Crippen LogP contribution is -2.34. The number of carbonyl (C=O) groups excluding carboxylic acids is 1. The Morgan fingerprint density at radius 3 is 2.69 bits per heavy atom. The number of amides is 2. The van der Waals surface area contributed by atoms with Crippen LogP contribution in [0.25, 0.3) is 22.2 Å². The third-order valence-corrected chi connectivity index (χ3v) is 6.49. The number of nitrogens with zero attached hydrogens (tertiary/aromatic N) is 4. The average Bonchev–Trinajstić information content (AvgIpc) is 3.43. The standard InChI is InChI=1S/C26H32N8O2/c1-16(2)28-26(35)29-18-10-8-17(9-11-18)25-24(27)21-13-12-20(15-22(21)34(25)19-5-3-6-19)36-14-4-7-23-30-32-33-31-23/h8-13,15-16,19H,3-7,14,27H2,1-2H3,(H2,28,29,35)(H,30,31,32,33).